The molecule has 3 aromatic rings. The number of benzene rings is 2. The van der Waals surface area contributed by atoms with Crippen LogP contribution in [0.15, 0.2) is 53.3 Å². The Balaban J connectivity index is 1.51. The number of hydrogen-bond donors (Lipinski definition) is 1. The Labute approximate surface area is 151 Å². The molecule has 1 heterocycles. The van der Waals surface area contributed by atoms with Crippen molar-refractivity contribution in [1.29, 1.82) is 0 Å². The summed E-state index contributed by atoms with van der Waals surface area (Å²) in [6.45, 7) is 0.303. The van der Waals surface area contributed by atoms with E-state index in [9.17, 15) is 9.59 Å². The van der Waals surface area contributed by atoms with Gasteiger partial charge >= 0.3 is 0 Å². The molecular weight excluding hydrogens is 326 g/mol. The molecule has 0 aliphatic heterocycles. The largest absolute Gasteiger partial charge is 0.338 e. The molecule has 0 fully saturated rings. The molecule has 1 unspecified atom stereocenters. The summed E-state index contributed by atoms with van der Waals surface area (Å²) in [6.07, 6.45) is 2.58. The Morgan fingerprint density at radius 2 is 1.88 bits per heavy atom. The molecule has 0 bridgehead atoms. The first-order valence-corrected chi connectivity index (χ1v) is 8.91. The van der Waals surface area contributed by atoms with Crippen molar-refractivity contribution in [3.8, 4) is 0 Å². The molecule has 1 atom stereocenters. The summed E-state index contributed by atoms with van der Waals surface area (Å²) in [5.74, 6) is 0.609. The molecule has 132 valence electrons. The van der Waals surface area contributed by atoms with Gasteiger partial charge in [-0.3, -0.25) is 9.59 Å². The number of carbonyl (C=O) groups is 1. The van der Waals surface area contributed by atoms with Crippen LogP contribution in [0.5, 0.6) is 0 Å². The second-order valence-electron chi connectivity index (χ2n) is 6.93. The Morgan fingerprint density at radius 1 is 1.15 bits per heavy atom. The number of aromatic amines is 1. The lowest BCUT2D eigenvalue weighted by Crippen LogP contribution is -2.36. The highest BCUT2D eigenvalue weighted by Gasteiger charge is 2.27. The van der Waals surface area contributed by atoms with Crippen LogP contribution in [-0.4, -0.2) is 27.8 Å². The molecule has 1 aliphatic carbocycles. The summed E-state index contributed by atoms with van der Waals surface area (Å²) in [5.41, 5.74) is 3.10. The number of para-hydroxylation sites is 1. The van der Waals surface area contributed by atoms with E-state index < -0.39 is 0 Å². The van der Waals surface area contributed by atoms with Gasteiger partial charge in [0.1, 0.15) is 5.82 Å². The second-order valence-corrected chi connectivity index (χ2v) is 6.93. The van der Waals surface area contributed by atoms with Crippen molar-refractivity contribution in [2.75, 3.05) is 7.05 Å². The molecule has 1 amide bonds. The van der Waals surface area contributed by atoms with E-state index in [0.29, 0.717) is 23.3 Å². The van der Waals surface area contributed by atoms with Crippen molar-refractivity contribution in [3.63, 3.8) is 0 Å². The van der Waals surface area contributed by atoms with Gasteiger partial charge in [-0.25, -0.2) is 4.98 Å². The van der Waals surface area contributed by atoms with Crippen LogP contribution in [0.4, 0.5) is 0 Å². The fourth-order valence-electron chi connectivity index (χ4n) is 3.73. The van der Waals surface area contributed by atoms with Gasteiger partial charge in [-0.15, -0.1) is 0 Å². The molecule has 0 saturated carbocycles. The topological polar surface area (TPSA) is 66.1 Å². The molecule has 0 spiro atoms. The van der Waals surface area contributed by atoms with E-state index >= 15 is 0 Å². The molecule has 5 heteroatoms. The molecule has 0 saturated heterocycles. The van der Waals surface area contributed by atoms with Crippen LogP contribution in [0.1, 0.15) is 23.4 Å². The van der Waals surface area contributed by atoms with Gasteiger partial charge in [0, 0.05) is 13.0 Å². The number of rotatable bonds is 3. The van der Waals surface area contributed by atoms with Crippen molar-refractivity contribution in [2.24, 2.45) is 5.92 Å². The minimum atomic E-state index is -0.168. The maximum atomic E-state index is 12.9. The summed E-state index contributed by atoms with van der Waals surface area (Å²) in [5, 5.41) is 0.564. The first kappa shape index (κ1) is 16.5. The van der Waals surface area contributed by atoms with Gasteiger partial charge in [-0.05, 0) is 42.5 Å². The number of nitrogens with one attached hydrogen (secondary N) is 1. The minimum absolute atomic E-state index is 0.0120. The fourth-order valence-corrected chi connectivity index (χ4v) is 3.73. The number of H-pyrrole nitrogens is 1. The van der Waals surface area contributed by atoms with Gasteiger partial charge in [0.2, 0.25) is 5.91 Å². The predicted octanol–water partition coefficient (Wildman–Crippen LogP) is 2.69. The van der Waals surface area contributed by atoms with Crippen molar-refractivity contribution < 1.29 is 4.79 Å². The van der Waals surface area contributed by atoms with Crippen LogP contribution in [0.3, 0.4) is 0 Å². The maximum absolute atomic E-state index is 12.9. The highest BCUT2D eigenvalue weighted by Crippen LogP contribution is 2.26. The van der Waals surface area contributed by atoms with Gasteiger partial charge in [0.25, 0.3) is 5.56 Å². The van der Waals surface area contributed by atoms with E-state index in [1.54, 1.807) is 18.0 Å². The van der Waals surface area contributed by atoms with E-state index in [2.05, 4.69) is 28.2 Å². The third-order valence-corrected chi connectivity index (χ3v) is 5.12. The van der Waals surface area contributed by atoms with Gasteiger partial charge in [-0.1, -0.05) is 36.4 Å². The number of fused-ring (bicyclic) bond motifs is 2. The van der Waals surface area contributed by atoms with E-state index in [1.165, 1.54) is 11.1 Å². The standard InChI is InChI=1S/C21H21N3O2/c1-24(13-19-22-18-9-5-4-8-17(18)20(25)23-19)21(26)16-11-10-14-6-2-3-7-15(14)12-16/h2-9,16H,10-13H2,1H3,(H,22,23,25). The van der Waals surface area contributed by atoms with Crippen LogP contribution in [-0.2, 0) is 24.2 Å². The zero-order valence-corrected chi connectivity index (χ0v) is 14.7. The number of aromatic nitrogens is 2. The molecule has 26 heavy (non-hydrogen) atoms. The lowest BCUT2D eigenvalue weighted by atomic mass is 9.83. The summed E-state index contributed by atoms with van der Waals surface area (Å²) < 4.78 is 0. The van der Waals surface area contributed by atoms with Gasteiger partial charge in [0.15, 0.2) is 0 Å². The molecule has 2 aromatic carbocycles. The summed E-state index contributed by atoms with van der Waals surface area (Å²) in [6, 6.07) is 15.6. The Kier molecular flexibility index (Phi) is 4.29. The summed E-state index contributed by atoms with van der Waals surface area (Å²) >= 11 is 0. The Hall–Kier alpha value is -2.95. The second kappa shape index (κ2) is 6.75. The average molecular weight is 347 g/mol. The quantitative estimate of drug-likeness (QED) is 0.792. The van der Waals surface area contributed by atoms with Crippen LogP contribution in [0.2, 0.25) is 0 Å². The average Bonchev–Trinajstić information content (AvgIpc) is 2.67. The van der Waals surface area contributed by atoms with E-state index in [1.807, 2.05) is 24.3 Å². The smallest absolute Gasteiger partial charge is 0.258 e. The predicted molar refractivity (Wildman–Crippen MR) is 101 cm³/mol. The van der Waals surface area contributed by atoms with Gasteiger partial charge in [0.05, 0.1) is 17.4 Å². The van der Waals surface area contributed by atoms with Crippen LogP contribution < -0.4 is 5.56 Å². The third-order valence-electron chi connectivity index (χ3n) is 5.12. The molecule has 1 N–H and O–H groups in total. The highest BCUT2D eigenvalue weighted by molar-refractivity contribution is 5.79. The molecule has 5 nitrogen and oxygen atoms in total. The van der Waals surface area contributed by atoms with Crippen LogP contribution in [0, 0.1) is 5.92 Å². The number of amides is 1. The zero-order chi connectivity index (χ0) is 18.1. The van der Waals surface area contributed by atoms with Crippen LogP contribution in [0.25, 0.3) is 10.9 Å². The highest BCUT2D eigenvalue weighted by atomic mass is 16.2. The Morgan fingerprint density at radius 3 is 2.73 bits per heavy atom. The zero-order valence-electron chi connectivity index (χ0n) is 14.7. The Bertz CT molecular complexity index is 1020. The van der Waals surface area contributed by atoms with Crippen molar-refractivity contribution in [1.82, 2.24) is 14.9 Å². The van der Waals surface area contributed by atoms with Crippen molar-refractivity contribution >= 4 is 16.8 Å². The van der Waals surface area contributed by atoms with Crippen LogP contribution >= 0.6 is 0 Å². The number of carbonyl (C=O) groups excluding carboxylic acids is 1. The number of hydrogen-bond acceptors (Lipinski definition) is 3. The first-order valence-electron chi connectivity index (χ1n) is 8.91. The number of aryl methyl sites for hydroxylation is 1. The van der Waals surface area contributed by atoms with Crippen molar-refractivity contribution in [2.45, 2.75) is 25.8 Å². The van der Waals surface area contributed by atoms with Crippen molar-refractivity contribution in [3.05, 3.63) is 75.8 Å². The normalized spacial score (nSPS) is 16.3. The molecule has 1 aliphatic rings. The number of nitrogens with zero attached hydrogens (tertiary/aromatic N) is 2. The molecule has 0 radical (unpaired) electrons. The molecule has 1 aromatic heterocycles. The van der Waals surface area contributed by atoms with Gasteiger partial charge in [-0.2, -0.15) is 0 Å². The fraction of sp³-hybridized carbons (Fsp3) is 0.286. The lowest BCUT2D eigenvalue weighted by Gasteiger charge is -2.27. The van der Waals surface area contributed by atoms with E-state index in [4.69, 9.17) is 0 Å². The first-order chi connectivity index (χ1) is 12.6. The lowest BCUT2D eigenvalue weighted by molar-refractivity contribution is -0.135. The van der Waals surface area contributed by atoms with E-state index in [-0.39, 0.29) is 17.4 Å². The third kappa shape index (κ3) is 3.12. The SMILES string of the molecule is CN(Cc1nc2ccccc2c(=O)[nH]1)C(=O)C1CCc2ccccc2C1. The minimum Gasteiger partial charge on any atom is -0.338 e. The summed E-state index contributed by atoms with van der Waals surface area (Å²) in [7, 11) is 1.78. The molecule has 4 rings (SSSR count). The molecular formula is C21H21N3O2. The maximum Gasteiger partial charge on any atom is 0.258 e. The summed E-state index contributed by atoms with van der Waals surface area (Å²) in [4.78, 5) is 34.0. The van der Waals surface area contributed by atoms with E-state index in [0.717, 1.165) is 19.3 Å². The van der Waals surface area contributed by atoms with Gasteiger partial charge < -0.3 is 9.88 Å². The monoisotopic (exact) mass is 347 g/mol.